The standard InChI is InChI=1S/C18H16N4O2/c1-13(23)21(14(2)24)16-8-10-17(11-9-16)22-18(12-19-20-22)15-6-4-3-5-7-15/h3-12H,1-2H3. The molecule has 1 heterocycles. The molecule has 6 nitrogen and oxygen atoms in total. The summed E-state index contributed by atoms with van der Waals surface area (Å²) in [4.78, 5) is 24.4. The van der Waals surface area contributed by atoms with E-state index in [4.69, 9.17) is 0 Å². The molecule has 2 amide bonds. The summed E-state index contributed by atoms with van der Waals surface area (Å²) in [7, 11) is 0. The van der Waals surface area contributed by atoms with E-state index in [0.29, 0.717) is 5.69 Å². The van der Waals surface area contributed by atoms with Crippen molar-refractivity contribution in [2.45, 2.75) is 13.8 Å². The molecule has 0 aliphatic rings. The van der Waals surface area contributed by atoms with Crippen LogP contribution in [0.4, 0.5) is 5.69 Å². The molecule has 0 bridgehead atoms. The summed E-state index contributed by atoms with van der Waals surface area (Å²) >= 11 is 0. The fourth-order valence-electron chi connectivity index (χ4n) is 2.56. The zero-order valence-corrected chi connectivity index (χ0v) is 13.4. The minimum absolute atomic E-state index is 0.319. The number of imide groups is 1. The van der Waals surface area contributed by atoms with Crippen LogP contribution in [-0.4, -0.2) is 26.8 Å². The Labute approximate surface area is 139 Å². The van der Waals surface area contributed by atoms with Gasteiger partial charge in [-0.15, -0.1) is 5.10 Å². The largest absolute Gasteiger partial charge is 0.274 e. The molecule has 120 valence electrons. The average Bonchev–Trinajstić information content (AvgIpc) is 3.05. The van der Waals surface area contributed by atoms with Crippen LogP contribution in [0, 0.1) is 0 Å². The maximum Gasteiger partial charge on any atom is 0.230 e. The number of amides is 2. The molecule has 0 saturated heterocycles. The van der Waals surface area contributed by atoms with Gasteiger partial charge in [0, 0.05) is 19.4 Å². The van der Waals surface area contributed by atoms with E-state index in [2.05, 4.69) is 10.3 Å². The van der Waals surface area contributed by atoms with Gasteiger partial charge in [0.1, 0.15) is 0 Å². The fraction of sp³-hybridized carbons (Fsp3) is 0.111. The highest BCUT2D eigenvalue weighted by Crippen LogP contribution is 2.23. The first-order valence-corrected chi connectivity index (χ1v) is 7.46. The molecular formula is C18H16N4O2. The van der Waals surface area contributed by atoms with Gasteiger partial charge in [-0.1, -0.05) is 35.5 Å². The Morgan fingerprint density at radius 1 is 0.917 bits per heavy atom. The van der Waals surface area contributed by atoms with E-state index in [1.165, 1.54) is 13.8 Å². The lowest BCUT2D eigenvalue weighted by atomic mass is 10.1. The molecule has 0 atom stereocenters. The van der Waals surface area contributed by atoms with E-state index in [9.17, 15) is 9.59 Å². The molecule has 0 unspecified atom stereocenters. The summed E-state index contributed by atoms with van der Waals surface area (Å²) in [6.45, 7) is 2.72. The lowest BCUT2D eigenvalue weighted by Crippen LogP contribution is -2.32. The second-order valence-electron chi connectivity index (χ2n) is 5.29. The second-order valence-corrected chi connectivity index (χ2v) is 5.29. The Morgan fingerprint density at radius 3 is 2.12 bits per heavy atom. The molecule has 1 aromatic heterocycles. The quantitative estimate of drug-likeness (QED) is 0.744. The van der Waals surface area contributed by atoms with E-state index in [1.54, 1.807) is 35.1 Å². The van der Waals surface area contributed by atoms with Crippen LogP contribution in [0.5, 0.6) is 0 Å². The Morgan fingerprint density at radius 2 is 1.54 bits per heavy atom. The lowest BCUT2D eigenvalue weighted by Gasteiger charge is -2.17. The third kappa shape index (κ3) is 2.94. The van der Waals surface area contributed by atoms with Crippen LogP contribution >= 0.6 is 0 Å². The first-order chi connectivity index (χ1) is 11.6. The van der Waals surface area contributed by atoms with Crippen LogP contribution in [0.3, 0.4) is 0 Å². The number of benzene rings is 2. The molecular weight excluding hydrogens is 304 g/mol. The highest BCUT2D eigenvalue weighted by atomic mass is 16.2. The highest BCUT2D eigenvalue weighted by Gasteiger charge is 2.16. The van der Waals surface area contributed by atoms with Gasteiger partial charge >= 0.3 is 0 Å². The minimum Gasteiger partial charge on any atom is -0.274 e. The molecule has 6 heteroatoms. The van der Waals surface area contributed by atoms with Gasteiger partial charge in [-0.05, 0) is 24.3 Å². The molecule has 3 aromatic rings. The Bertz CT molecular complexity index is 856. The summed E-state index contributed by atoms with van der Waals surface area (Å²) in [6, 6.07) is 16.9. The third-order valence-electron chi connectivity index (χ3n) is 3.60. The zero-order valence-electron chi connectivity index (χ0n) is 13.4. The number of hydrogen-bond acceptors (Lipinski definition) is 4. The van der Waals surface area contributed by atoms with Crippen LogP contribution in [0.2, 0.25) is 0 Å². The molecule has 0 aliphatic heterocycles. The molecule has 24 heavy (non-hydrogen) atoms. The zero-order chi connectivity index (χ0) is 17.1. The summed E-state index contributed by atoms with van der Waals surface area (Å²) in [5.74, 6) is -0.637. The van der Waals surface area contributed by atoms with Crippen molar-refractivity contribution < 1.29 is 9.59 Å². The van der Waals surface area contributed by atoms with Gasteiger partial charge in [0.05, 0.1) is 23.3 Å². The average molecular weight is 320 g/mol. The molecule has 0 radical (unpaired) electrons. The van der Waals surface area contributed by atoms with Gasteiger partial charge < -0.3 is 0 Å². The summed E-state index contributed by atoms with van der Waals surface area (Å²) < 4.78 is 1.71. The van der Waals surface area contributed by atoms with Crippen molar-refractivity contribution in [2.24, 2.45) is 0 Å². The van der Waals surface area contributed by atoms with E-state index in [1.807, 2.05) is 30.3 Å². The van der Waals surface area contributed by atoms with Crippen molar-refractivity contribution in [1.82, 2.24) is 15.0 Å². The summed E-state index contributed by atoms with van der Waals surface area (Å²) in [6.07, 6.45) is 1.70. The normalized spacial score (nSPS) is 10.4. The van der Waals surface area contributed by atoms with Gasteiger partial charge in [-0.3, -0.25) is 14.5 Å². The number of aromatic nitrogens is 3. The van der Waals surface area contributed by atoms with Gasteiger partial charge in [-0.2, -0.15) is 0 Å². The Kier molecular flexibility index (Phi) is 4.20. The van der Waals surface area contributed by atoms with Crippen molar-refractivity contribution in [3.8, 4) is 16.9 Å². The van der Waals surface area contributed by atoms with Gasteiger partial charge in [0.15, 0.2) is 0 Å². The summed E-state index contributed by atoms with van der Waals surface area (Å²) in [5.41, 5.74) is 3.18. The van der Waals surface area contributed by atoms with Gasteiger partial charge in [-0.25, -0.2) is 4.68 Å². The van der Waals surface area contributed by atoms with E-state index < -0.39 is 0 Å². The predicted molar refractivity (Wildman–Crippen MR) is 90.6 cm³/mol. The molecule has 0 N–H and O–H groups in total. The van der Waals surface area contributed by atoms with Gasteiger partial charge in [0.2, 0.25) is 11.8 Å². The number of rotatable bonds is 3. The number of carbonyl (C=O) groups excluding carboxylic acids is 2. The van der Waals surface area contributed by atoms with E-state index in [0.717, 1.165) is 21.8 Å². The van der Waals surface area contributed by atoms with Crippen molar-refractivity contribution in [1.29, 1.82) is 0 Å². The van der Waals surface area contributed by atoms with Crippen LogP contribution in [0.1, 0.15) is 13.8 Å². The first kappa shape index (κ1) is 15.6. The molecule has 3 rings (SSSR count). The van der Waals surface area contributed by atoms with Crippen LogP contribution in [0.15, 0.2) is 60.8 Å². The molecule has 2 aromatic carbocycles. The van der Waals surface area contributed by atoms with E-state index >= 15 is 0 Å². The van der Waals surface area contributed by atoms with Gasteiger partial charge in [0.25, 0.3) is 0 Å². The molecule has 0 spiro atoms. The highest BCUT2D eigenvalue weighted by molar-refractivity contribution is 6.13. The van der Waals surface area contributed by atoms with Crippen LogP contribution in [0.25, 0.3) is 16.9 Å². The molecule has 0 aliphatic carbocycles. The smallest absolute Gasteiger partial charge is 0.230 e. The van der Waals surface area contributed by atoms with Crippen molar-refractivity contribution in [3.05, 3.63) is 60.8 Å². The monoisotopic (exact) mass is 320 g/mol. The minimum atomic E-state index is -0.319. The van der Waals surface area contributed by atoms with Crippen molar-refractivity contribution >= 4 is 17.5 Å². The topological polar surface area (TPSA) is 68.1 Å². The van der Waals surface area contributed by atoms with Crippen LogP contribution < -0.4 is 4.90 Å². The summed E-state index contributed by atoms with van der Waals surface area (Å²) in [5, 5.41) is 8.11. The number of anilines is 1. The maximum atomic E-state index is 11.6. The maximum absolute atomic E-state index is 11.6. The Hall–Kier alpha value is -3.28. The predicted octanol–water partition coefficient (Wildman–Crippen LogP) is 2.83. The van der Waals surface area contributed by atoms with Crippen LogP contribution in [-0.2, 0) is 9.59 Å². The van der Waals surface area contributed by atoms with Crippen molar-refractivity contribution in [3.63, 3.8) is 0 Å². The Balaban J connectivity index is 1.97. The first-order valence-electron chi connectivity index (χ1n) is 7.46. The van der Waals surface area contributed by atoms with E-state index in [-0.39, 0.29) is 11.8 Å². The third-order valence-corrected chi connectivity index (χ3v) is 3.60. The van der Waals surface area contributed by atoms with Crippen molar-refractivity contribution in [2.75, 3.05) is 4.90 Å². The number of hydrogen-bond donors (Lipinski definition) is 0. The fourth-order valence-corrected chi connectivity index (χ4v) is 2.56. The number of carbonyl (C=O) groups is 2. The molecule has 0 fully saturated rings. The SMILES string of the molecule is CC(=O)N(C(C)=O)c1ccc(-n2nncc2-c2ccccc2)cc1. The lowest BCUT2D eigenvalue weighted by molar-refractivity contribution is -0.124. The molecule has 0 saturated carbocycles. The second kappa shape index (κ2) is 6.45. The number of nitrogens with zero attached hydrogens (tertiary/aromatic N) is 4.